The third-order valence-electron chi connectivity index (χ3n) is 3.29. The molecule has 0 aromatic carbocycles. The predicted octanol–water partition coefficient (Wildman–Crippen LogP) is 2.90. The largest absolute Gasteiger partial charge is 0.434 e. The van der Waals surface area contributed by atoms with E-state index in [4.69, 9.17) is 0 Å². The predicted molar refractivity (Wildman–Crippen MR) is 66.8 cm³/mol. The lowest BCUT2D eigenvalue weighted by Crippen LogP contribution is -2.31. The minimum atomic E-state index is -4.36. The van der Waals surface area contributed by atoms with Crippen LogP contribution in [0, 0.1) is 0 Å². The Hall–Kier alpha value is -0.660. The normalized spacial score (nSPS) is 22.9. The van der Waals surface area contributed by atoms with Crippen LogP contribution in [0.15, 0.2) is 5.38 Å². The highest BCUT2D eigenvalue weighted by molar-refractivity contribution is 7.09. The number of halogens is 3. The fourth-order valence-corrected chi connectivity index (χ4v) is 3.28. The van der Waals surface area contributed by atoms with Crippen LogP contribution in [0.5, 0.6) is 0 Å². The van der Waals surface area contributed by atoms with E-state index in [0.29, 0.717) is 18.0 Å². The van der Waals surface area contributed by atoms with Gasteiger partial charge in [-0.2, -0.15) is 13.2 Å². The molecule has 2 heterocycles. The van der Waals surface area contributed by atoms with Gasteiger partial charge in [-0.3, -0.25) is 4.90 Å². The van der Waals surface area contributed by atoms with E-state index in [9.17, 15) is 18.3 Å². The second kappa shape index (κ2) is 5.76. The lowest BCUT2D eigenvalue weighted by molar-refractivity contribution is -0.140. The summed E-state index contributed by atoms with van der Waals surface area (Å²) in [6.07, 6.45) is -2.07. The number of nitrogens with zero attached hydrogens (tertiary/aromatic N) is 2. The van der Waals surface area contributed by atoms with Gasteiger partial charge in [0.05, 0.1) is 12.6 Å². The Morgan fingerprint density at radius 2 is 2.32 bits per heavy atom. The van der Waals surface area contributed by atoms with Crippen molar-refractivity contribution in [1.29, 1.82) is 0 Å². The summed E-state index contributed by atoms with van der Waals surface area (Å²) in [5.74, 6) is 0. The van der Waals surface area contributed by atoms with Gasteiger partial charge < -0.3 is 5.11 Å². The van der Waals surface area contributed by atoms with Crippen molar-refractivity contribution in [1.82, 2.24) is 9.88 Å². The maximum absolute atomic E-state index is 12.5. The molecule has 0 saturated carbocycles. The summed E-state index contributed by atoms with van der Waals surface area (Å²) >= 11 is 1.05. The van der Waals surface area contributed by atoms with Crippen LogP contribution in [-0.4, -0.2) is 33.7 Å². The zero-order valence-electron chi connectivity index (χ0n) is 10.7. The van der Waals surface area contributed by atoms with Gasteiger partial charge in [0.15, 0.2) is 5.69 Å². The van der Waals surface area contributed by atoms with Crippen molar-refractivity contribution in [2.75, 3.05) is 6.54 Å². The topological polar surface area (TPSA) is 36.4 Å². The van der Waals surface area contributed by atoms with Crippen LogP contribution in [0.1, 0.15) is 36.9 Å². The molecule has 1 fully saturated rings. The van der Waals surface area contributed by atoms with Crippen LogP contribution in [0.2, 0.25) is 0 Å². The minimum absolute atomic E-state index is 0.248. The van der Waals surface area contributed by atoms with Crippen LogP contribution >= 0.6 is 11.3 Å². The second-order valence-electron chi connectivity index (χ2n) is 4.98. The van der Waals surface area contributed by atoms with E-state index in [-0.39, 0.29) is 12.1 Å². The van der Waals surface area contributed by atoms with E-state index in [1.165, 1.54) is 0 Å². The SMILES string of the molecule is CC(O)CC1CCCN1Cc1nc(C(F)(F)F)cs1. The van der Waals surface area contributed by atoms with Gasteiger partial charge in [0.1, 0.15) is 5.01 Å². The summed E-state index contributed by atoms with van der Waals surface area (Å²) in [6.45, 7) is 3.04. The molecule has 1 aromatic rings. The van der Waals surface area contributed by atoms with Crippen LogP contribution in [0.25, 0.3) is 0 Å². The number of hydrogen-bond acceptors (Lipinski definition) is 4. The van der Waals surface area contributed by atoms with Crippen molar-refractivity contribution in [3.63, 3.8) is 0 Å². The molecular weight excluding hydrogens is 277 g/mol. The van der Waals surface area contributed by atoms with Crippen molar-refractivity contribution in [3.05, 3.63) is 16.1 Å². The fourth-order valence-electron chi connectivity index (χ4n) is 2.45. The number of likely N-dealkylation sites (tertiary alicyclic amines) is 1. The molecule has 3 nitrogen and oxygen atoms in total. The molecule has 1 N–H and O–H groups in total. The average Bonchev–Trinajstić information content (AvgIpc) is 2.88. The van der Waals surface area contributed by atoms with E-state index < -0.39 is 11.9 Å². The summed E-state index contributed by atoms with van der Waals surface area (Å²) in [4.78, 5) is 5.76. The zero-order valence-corrected chi connectivity index (χ0v) is 11.5. The summed E-state index contributed by atoms with van der Waals surface area (Å²) in [5, 5.41) is 11.0. The number of hydrogen-bond donors (Lipinski definition) is 1. The first kappa shape index (κ1) is 14.7. The quantitative estimate of drug-likeness (QED) is 0.927. The Labute approximate surface area is 114 Å². The molecule has 2 rings (SSSR count). The molecule has 1 saturated heterocycles. The smallest absolute Gasteiger partial charge is 0.393 e. The van der Waals surface area contributed by atoms with Gasteiger partial charge >= 0.3 is 6.18 Å². The molecule has 2 unspecified atom stereocenters. The van der Waals surface area contributed by atoms with Gasteiger partial charge in [0, 0.05) is 11.4 Å². The van der Waals surface area contributed by atoms with Gasteiger partial charge in [-0.25, -0.2) is 4.98 Å². The minimum Gasteiger partial charge on any atom is -0.393 e. The van der Waals surface area contributed by atoms with E-state index in [1.54, 1.807) is 6.92 Å². The van der Waals surface area contributed by atoms with Gasteiger partial charge in [0.2, 0.25) is 0 Å². The van der Waals surface area contributed by atoms with E-state index in [1.807, 2.05) is 0 Å². The molecule has 0 radical (unpaired) electrons. The van der Waals surface area contributed by atoms with Crippen LogP contribution in [-0.2, 0) is 12.7 Å². The van der Waals surface area contributed by atoms with E-state index in [2.05, 4.69) is 9.88 Å². The molecule has 0 aliphatic carbocycles. The molecule has 1 aliphatic rings. The monoisotopic (exact) mass is 294 g/mol. The van der Waals surface area contributed by atoms with Crippen molar-refractivity contribution in [2.45, 2.75) is 51.1 Å². The second-order valence-corrected chi connectivity index (χ2v) is 5.92. The summed E-state index contributed by atoms with van der Waals surface area (Å²) in [6, 6.07) is 0.248. The van der Waals surface area contributed by atoms with Gasteiger partial charge in [-0.05, 0) is 32.7 Å². The highest BCUT2D eigenvalue weighted by atomic mass is 32.1. The number of aliphatic hydroxyl groups is 1. The Morgan fingerprint density at radius 3 is 2.89 bits per heavy atom. The number of rotatable bonds is 4. The van der Waals surface area contributed by atoms with Gasteiger partial charge in [-0.1, -0.05) is 0 Å². The number of aliphatic hydroxyl groups excluding tert-OH is 1. The van der Waals surface area contributed by atoms with Gasteiger partial charge in [-0.15, -0.1) is 11.3 Å². The first-order valence-electron chi connectivity index (χ1n) is 6.30. The molecule has 0 spiro atoms. The highest BCUT2D eigenvalue weighted by Gasteiger charge is 2.34. The first-order chi connectivity index (χ1) is 8.86. The van der Waals surface area contributed by atoms with Crippen molar-refractivity contribution < 1.29 is 18.3 Å². The van der Waals surface area contributed by atoms with Gasteiger partial charge in [0.25, 0.3) is 0 Å². The van der Waals surface area contributed by atoms with Crippen molar-refractivity contribution in [3.8, 4) is 0 Å². The molecule has 1 aromatic heterocycles. The summed E-state index contributed by atoms with van der Waals surface area (Å²) in [7, 11) is 0. The third kappa shape index (κ3) is 3.90. The molecule has 7 heteroatoms. The van der Waals surface area contributed by atoms with Crippen LogP contribution in [0.4, 0.5) is 13.2 Å². The summed E-state index contributed by atoms with van der Waals surface area (Å²) in [5.41, 5.74) is -0.807. The van der Waals surface area contributed by atoms with Crippen molar-refractivity contribution in [2.24, 2.45) is 0 Å². The number of aromatic nitrogens is 1. The maximum atomic E-state index is 12.5. The van der Waals surface area contributed by atoms with Crippen molar-refractivity contribution >= 4 is 11.3 Å². The molecular formula is C12H17F3N2OS. The molecule has 0 bridgehead atoms. The van der Waals surface area contributed by atoms with E-state index in [0.717, 1.165) is 36.1 Å². The highest BCUT2D eigenvalue weighted by Crippen LogP contribution is 2.31. The zero-order chi connectivity index (χ0) is 14.0. The fraction of sp³-hybridized carbons (Fsp3) is 0.750. The number of thiazole rings is 1. The average molecular weight is 294 g/mol. The Morgan fingerprint density at radius 1 is 1.58 bits per heavy atom. The Bertz CT molecular complexity index is 419. The standard InChI is InChI=1S/C12H17F3N2OS/c1-8(18)5-9-3-2-4-17(9)6-11-16-10(7-19-11)12(13,14)15/h7-9,18H,2-6H2,1H3. The summed E-state index contributed by atoms with van der Waals surface area (Å²) < 4.78 is 37.4. The first-order valence-corrected chi connectivity index (χ1v) is 7.18. The van der Waals surface area contributed by atoms with E-state index >= 15 is 0 Å². The molecule has 19 heavy (non-hydrogen) atoms. The maximum Gasteiger partial charge on any atom is 0.434 e. The molecule has 0 amide bonds. The third-order valence-corrected chi connectivity index (χ3v) is 4.13. The Balaban J connectivity index is 1.98. The number of alkyl halides is 3. The molecule has 1 aliphatic heterocycles. The molecule has 2 atom stereocenters. The lowest BCUT2D eigenvalue weighted by Gasteiger charge is -2.24. The van der Waals surface area contributed by atoms with Crippen LogP contribution in [0.3, 0.4) is 0 Å². The molecule has 108 valence electrons. The lowest BCUT2D eigenvalue weighted by atomic mass is 10.1. The van der Waals surface area contributed by atoms with Crippen LogP contribution < -0.4 is 0 Å². The Kier molecular flexibility index (Phi) is 4.47.